The van der Waals surface area contributed by atoms with E-state index in [0.29, 0.717) is 18.2 Å². The van der Waals surface area contributed by atoms with Crippen molar-refractivity contribution < 1.29 is 4.74 Å². The SMILES string of the molecule is Cc1ccc(C)c(COC2CC3CCC(C2)N3)c1. The molecular formula is C16H23NO. The Labute approximate surface area is 110 Å². The summed E-state index contributed by atoms with van der Waals surface area (Å²) in [6.07, 6.45) is 5.54. The van der Waals surface area contributed by atoms with Crippen LogP contribution in [0.25, 0.3) is 0 Å². The number of hydrogen-bond acceptors (Lipinski definition) is 2. The van der Waals surface area contributed by atoms with Gasteiger partial charge in [0.05, 0.1) is 12.7 Å². The fraction of sp³-hybridized carbons (Fsp3) is 0.625. The summed E-state index contributed by atoms with van der Waals surface area (Å²) in [7, 11) is 0. The number of piperidine rings is 1. The van der Waals surface area contributed by atoms with Crippen LogP contribution >= 0.6 is 0 Å². The van der Waals surface area contributed by atoms with Gasteiger partial charge in [-0.3, -0.25) is 0 Å². The van der Waals surface area contributed by atoms with Crippen LogP contribution in [0.2, 0.25) is 0 Å². The lowest BCUT2D eigenvalue weighted by Gasteiger charge is -2.29. The first-order valence-corrected chi connectivity index (χ1v) is 7.14. The molecule has 2 fully saturated rings. The minimum atomic E-state index is 0.462. The highest BCUT2D eigenvalue weighted by Gasteiger charge is 2.33. The van der Waals surface area contributed by atoms with E-state index < -0.39 is 0 Å². The van der Waals surface area contributed by atoms with Crippen molar-refractivity contribution in [2.24, 2.45) is 0 Å². The molecule has 1 N–H and O–H groups in total. The zero-order valence-electron chi connectivity index (χ0n) is 11.4. The van der Waals surface area contributed by atoms with Crippen LogP contribution in [0.5, 0.6) is 0 Å². The van der Waals surface area contributed by atoms with Crippen molar-refractivity contribution in [1.82, 2.24) is 5.32 Å². The number of nitrogens with one attached hydrogen (secondary N) is 1. The van der Waals surface area contributed by atoms with E-state index >= 15 is 0 Å². The number of benzene rings is 1. The van der Waals surface area contributed by atoms with E-state index in [2.05, 4.69) is 37.4 Å². The number of ether oxygens (including phenoxy) is 1. The van der Waals surface area contributed by atoms with E-state index in [1.54, 1.807) is 0 Å². The number of rotatable bonds is 3. The van der Waals surface area contributed by atoms with Crippen LogP contribution in [0.3, 0.4) is 0 Å². The molecule has 0 spiro atoms. The van der Waals surface area contributed by atoms with Crippen molar-refractivity contribution in [1.29, 1.82) is 0 Å². The molecule has 2 aliphatic rings. The van der Waals surface area contributed by atoms with E-state index in [1.165, 1.54) is 42.4 Å². The van der Waals surface area contributed by atoms with Gasteiger partial charge >= 0.3 is 0 Å². The molecule has 1 aromatic rings. The highest BCUT2D eigenvalue weighted by atomic mass is 16.5. The van der Waals surface area contributed by atoms with Gasteiger partial charge in [0.1, 0.15) is 0 Å². The summed E-state index contributed by atoms with van der Waals surface area (Å²) in [5, 5.41) is 3.66. The monoisotopic (exact) mass is 245 g/mol. The zero-order valence-corrected chi connectivity index (χ0v) is 11.4. The van der Waals surface area contributed by atoms with E-state index in [1.807, 2.05) is 0 Å². The number of hydrogen-bond donors (Lipinski definition) is 1. The summed E-state index contributed by atoms with van der Waals surface area (Å²) in [5.41, 5.74) is 4.02. The van der Waals surface area contributed by atoms with Crippen molar-refractivity contribution in [2.45, 2.75) is 64.3 Å². The van der Waals surface area contributed by atoms with Gasteiger partial charge in [0.2, 0.25) is 0 Å². The van der Waals surface area contributed by atoms with Crippen LogP contribution in [-0.4, -0.2) is 18.2 Å². The Morgan fingerprint density at radius 3 is 2.61 bits per heavy atom. The van der Waals surface area contributed by atoms with Gasteiger partial charge in [-0.15, -0.1) is 0 Å². The average molecular weight is 245 g/mol. The van der Waals surface area contributed by atoms with Crippen molar-refractivity contribution in [3.63, 3.8) is 0 Å². The van der Waals surface area contributed by atoms with Crippen molar-refractivity contribution in [3.05, 3.63) is 34.9 Å². The summed E-state index contributed by atoms with van der Waals surface area (Å²) in [6.45, 7) is 5.09. The molecule has 0 aliphatic carbocycles. The molecule has 2 atom stereocenters. The van der Waals surface area contributed by atoms with Gasteiger partial charge in [-0.25, -0.2) is 0 Å². The smallest absolute Gasteiger partial charge is 0.0723 e. The largest absolute Gasteiger partial charge is 0.373 e. The second-order valence-corrected chi connectivity index (χ2v) is 5.97. The van der Waals surface area contributed by atoms with Gasteiger partial charge in [0.15, 0.2) is 0 Å². The molecule has 2 aliphatic heterocycles. The maximum absolute atomic E-state index is 6.15. The molecule has 18 heavy (non-hydrogen) atoms. The lowest BCUT2D eigenvalue weighted by atomic mass is 10.0. The molecule has 98 valence electrons. The van der Waals surface area contributed by atoms with Gasteiger partial charge in [-0.2, -0.15) is 0 Å². The lowest BCUT2D eigenvalue weighted by Crippen LogP contribution is -2.41. The van der Waals surface area contributed by atoms with Crippen molar-refractivity contribution in [3.8, 4) is 0 Å². The van der Waals surface area contributed by atoms with Crippen LogP contribution in [0, 0.1) is 13.8 Å². The lowest BCUT2D eigenvalue weighted by molar-refractivity contribution is 0.00895. The zero-order chi connectivity index (χ0) is 12.5. The van der Waals surface area contributed by atoms with E-state index in [0.717, 1.165) is 6.61 Å². The third-order valence-corrected chi connectivity index (χ3v) is 4.41. The summed E-state index contributed by atoms with van der Waals surface area (Å²) in [6, 6.07) is 8.05. The third kappa shape index (κ3) is 2.60. The maximum atomic E-state index is 6.15. The minimum absolute atomic E-state index is 0.462. The van der Waals surface area contributed by atoms with E-state index in [-0.39, 0.29) is 0 Å². The van der Waals surface area contributed by atoms with E-state index in [9.17, 15) is 0 Å². The molecule has 2 nitrogen and oxygen atoms in total. The van der Waals surface area contributed by atoms with Crippen molar-refractivity contribution in [2.75, 3.05) is 0 Å². The number of fused-ring (bicyclic) bond motifs is 2. The minimum Gasteiger partial charge on any atom is -0.373 e. The Balaban J connectivity index is 1.59. The molecule has 2 saturated heterocycles. The molecule has 3 rings (SSSR count). The predicted molar refractivity (Wildman–Crippen MR) is 73.7 cm³/mol. The normalized spacial score (nSPS) is 30.7. The van der Waals surface area contributed by atoms with Gasteiger partial charge in [0, 0.05) is 12.1 Å². The van der Waals surface area contributed by atoms with Crippen LogP contribution < -0.4 is 5.32 Å². The standard InChI is InChI=1S/C16H23NO/c1-11-3-4-12(2)13(7-11)10-18-16-8-14-5-6-15(9-16)17-14/h3-4,7,14-17H,5-6,8-10H2,1-2H3. The third-order valence-electron chi connectivity index (χ3n) is 4.41. The molecule has 1 aromatic carbocycles. The van der Waals surface area contributed by atoms with Crippen LogP contribution in [-0.2, 0) is 11.3 Å². The molecule has 2 unspecified atom stereocenters. The highest BCUT2D eigenvalue weighted by molar-refractivity contribution is 5.29. The van der Waals surface area contributed by atoms with Crippen LogP contribution in [0.15, 0.2) is 18.2 Å². The van der Waals surface area contributed by atoms with E-state index in [4.69, 9.17) is 4.74 Å². The van der Waals surface area contributed by atoms with Crippen molar-refractivity contribution >= 4 is 0 Å². The number of aryl methyl sites for hydroxylation is 2. The summed E-state index contributed by atoms with van der Waals surface area (Å²) < 4.78 is 6.15. The van der Waals surface area contributed by atoms with Gasteiger partial charge < -0.3 is 10.1 Å². The van der Waals surface area contributed by atoms with Crippen LogP contribution in [0.4, 0.5) is 0 Å². The van der Waals surface area contributed by atoms with Gasteiger partial charge in [0.25, 0.3) is 0 Å². The molecule has 0 radical (unpaired) electrons. The molecule has 0 saturated carbocycles. The average Bonchev–Trinajstić information content (AvgIpc) is 2.70. The summed E-state index contributed by atoms with van der Waals surface area (Å²) in [4.78, 5) is 0. The maximum Gasteiger partial charge on any atom is 0.0723 e. The summed E-state index contributed by atoms with van der Waals surface area (Å²) in [5.74, 6) is 0. The quantitative estimate of drug-likeness (QED) is 0.883. The molecule has 2 heteroatoms. The molecule has 2 bridgehead atoms. The topological polar surface area (TPSA) is 21.3 Å². The second kappa shape index (κ2) is 5.02. The Morgan fingerprint density at radius 2 is 1.89 bits per heavy atom. The molecular weight excluding hydrogens is 222 g/mol. The Bertz CT molecular complexity index is 417. The molecule has 0 amide bonds. The Kier molecular flexibility index (Phi) is 3.40. The fourth-order valence-corrected chi connectivity index (χ4v) is 3.30. The first-order valence-electron chi connectivity index (χ1n) is 7.14. The van der Waals surface area contributed by atoms with Gasteiger partial charge in [-0.05, 0) is 50.7 Å². The Morgan fingerprint density at radius 1 is 1.17 bits per heavy atom. The first-order chi connectivity index (χ1) is 8.70. The van der Waals surface area contributed by atoms with Crippen LogP contribution in [0.1, 0.15) is 42.4 Å². The molecule has 0 aromatic heterocycles. The highest BCUT2D eigenvalue weighted by Crippen LogP contribution is 2.29. The Hall–Kier alpha value is -0.860. The summed E-state index contributed by atoms with van der Waals surface area (Å²) >= 11 is 0. The predicted octanol–water partition coefficient (Wildman–Crippen LogP) is 3.10. The van der Waals surface area contributed by atoms with Gasteiger partial charge in [-0.1, -0.05) is 23.8 Å². The second-order valence-electron chi connectivity index (χ2n) is 5.97. The first kappa shape index (κ1) is 12.2. The molecule has 2 heterocycles. The fourth-order valence-electron chi connectivity index (χ4n) is 3.30.